The maximum atomic E-state index is 12.9. The van der Waals surface area contributed by atoms with E-state index in [0.717, 1.165) is 17.0 Å². The molecule has 3 heterocycles. The maximum absolute atomic E-state index is 12.9. The molecule has 9 heteroatoms. The fourth-order valence-electron chi connectivity index (χ4n) is 3.27. The normalized spacial score (nSPS) is 17.3. The number of hydrogen-bond acceptors (Lipinski definition) is 6. The Kier molecular flexibility index (Phi) is 4.75. The fourth-order valence-corrected chi connectivity index (χ4v) is 3.95. The van der Waals surface area contributed by atoms with Crippen LogP contribution >= 0.6 is 11.3 Å². The quantitative estimate of drug-likeness (QED) is 0.730. The van der Waals surface area contributed by atoms with Gasteiger partial charge in [0, 0.05) is 24.8 Å². The van der Waals surface area contributed by atoms with Crippen LogP contribution in [0.2, 0.25) is 0 Å². The van der Waals surface area contributed by atoms with Crippen LogP contribution in [0.3, 0.4) is 0 Å². The number of pyridine rings is 1. The maximum Gasteiger partial charge on any atom is 0.417 e. The van der Waals surface area contributed by atoms with Crippen LogP contribution < -0.4 is 0 Å². The van der Waals surface area contributed by atoms with Crippen molar-refractivity contribution in [1.29, 1.82) is 0 Å². The molecule has 1 saturated heterocycles. The number of hydrogen-bond donors (Lipinski definition) is 1. The van der Waals surface area contributed by atoms with Crippen LogP contribution in [0.1, 0.15) is 22.9 Å². The molecular weight excluding hydrogens is 379 g/mol. The van der Waals surface area contributed by atoms with Gasteiger partial charge in [-0.15, -0.1) is 11.3 Å². The SMILES string of the molecule is Oc1c(C(c2ccc(C(F)(F)F)cn2)N2CCOCC2)ccc2scnc12. The smallest absolute Gasteiger partial charge is 0.417 e. The van der Waals surface area contributed by atoms with E-state index in [9.17, 15) is 18.3 Å². The minimum atomic E-state index is -4.44. The minimum Gasteiger partial charge on any atom is -0.505 e. The summed E-state index contributed by atoms with van der Waals surface area (Å²) in [5.41, 5.74) is 2.35. The highest BCUT2D eigenvalue weighted by Gasteiger charge is 2.33. The lowest BCUT2D eigenvalue weighted by molar-refractivity contribution is -0.137. The lowest BCUT2D eigenvalue weighted by Crippen LogP contribution is -2.39. The van der Waals surface area contributed by atoms with Crippen molar-refractivity contribution in [1.82, 2.24) is 14.9 Å². The molecule has 1 aliphatic heterocycles. The predicted molar refractivity (Wildman–Crippen MR) is 94.8 cm³/mol. The van der Waals surface area contributed by atoms with Gasteiger partial charge < -0.3 is 9.84 Å². The summed E-state index contributed by atoms with van der Waals surface area (Å²) in [4.78, 5) is 10.3. The van der Waals surface area contributed by atoms with Gasteiger partial charge in [-0.25, -0.2) is 4.98 Å². The molecule has 1 atom stereocenters. The second kappa shape index (κ2) is 7.06. The van der Waals surface area contributed by atoms with E-state index in [4.69, 9.17) is 4.74 Å². The number of aromatic hydroxyl groups is 1. The zero-order chi connectivity index (χ0) is 19.0. The first-order chi connectivity index (χ1) is 12.9. The van der Waals surface area contributed by atoms with Crippen LogP contribution in [0.4, 0.5) is 13.2 Å². The predicted octanol–water partition coefficient (Wildman–Crippen LogP) is 3.84. The van der Waals surface area contributed by atoms with Crippen LogP contribution in [0.25, 0.3) is 10.2 Å². The Bertz CT molecular complexity index is 937. The third-order valence-corrected chi connectivity index (χ3v) is 5.40. The number of benzene rings is 1. The van der Waals surface area contributed by atoms with E-state index in [1.807, 2.05) is 11.0 Å². The first kappa shape index (κ1) is 18.1. The van der Waals surface area contributed by atoms with Gasteiger partial charge in [-0.1, -0.05) is 6.07 Å². The van der Waals surface area contributed by atoms with Crippen molar-refractivity contribution in [2.75, 3.05) is 26.3 Å². The molecule has 1 aliphatic rings. The Hall–Kier alpha value is -2.23. The minimum absolute atomic E-state index is 0.0342. The second-order valence-electron chi connectivity index (χ2n) is 6.22. The monoisotopic (exact) mass is 395 g/mol. The number of phenolic OH excluding ortho intramolecular Hbond substituents is 1. The van der Waals surface area contributed by atoms with Crippen LogP contribution in [-0.4, -0.2) is 46.3 Å². The topological polar surface area (TPSA) is 58.5 Å². The Balaban J connectivity index is 1.80. The van der Waals surface area contributed by atoms with Gasteiger partial charge in [-0.3, -0.25) is 9.88 Å². The Morgan fingerprint density at radius 1 is 1.11 bits per heavy atom. The molecule has 4 rings (SSSR count). The van der Waals surface area contributed by atoms with E-state index in [1.54, 1.807) is 11.6 Å². The van der Waals surface area contributed by atoms with E-state index in [0.29, 0.717) is 43.1 Å². The molecule has 5 nitrogen and oxygen atoms in total. The summed E-state index contributed by atoms with van der Waals surface area (Å²) in [5, 5.41) is 10.8. The third-order valence-electron chi connectivity index (χ3n) is 4.61. The molecule has 1 unspecified atom stereocenters. The van der Waals surface area contributed by atoms with Gasteiger partial charge in [-0.2, -0.15) is 13.2 Å². The number of phenols is 1. The largest absolute Gasteiger partial charge is 0.505 e. The molecule has 0 radical (unpaired) electrons. The molecule has 0 aliphatic carbocycles. The van der Waals surface area contributed by atoms with Crippen LogP contribution in [0.15, 0.2) is 36.0 Å². The number of rotatable bonds is 3. The van der Waals surface area contributed by atoms with Gasteiger partial charge in [0.05, 0.1) is 40.7 Å². The number of nitrogens with zero attached hydrogens (tertiary/aromatic N) is 3. The summed E-state index contributed by atoms with van der Waals surface area (Å²) < 4.78 is 44.9. The van der Waals surface area contributed by atoms with Gasteiger partial charge in [-0.05, 0) is 18.2 Å². The number of thiazole rings is 1. The van der Waals surface area contributed by atoms with Crippen molar-refractivity contribution in [3.63, 3.8) is 0 Å². The van der Waals surface area contributed by atoms with Gasteiger partial charge in [0.2, 0.25) is 0 Å². The van der Waals surface area contributed by atoms with Crippen LogP contribution in [0.5, 0.6) is 5.75 Å². The van der Waals surface area contributed by atoms with Crippen molar-refractivity contribution < 1.29 is 23.0 Å². The summed E-state index contributed by atoms with van der Waals surface area (Å²) >= 11 is 1.41. The molecule has 0 saturated carbocycles. The Morgan fingerprint density at radius 2 is 1.89 bits per heavy atom. The summed E-state index contributed by atoms with van der Waals surface area (Å²) in [7, 11) is 0. The highest BCUT2D eigenvalue weighted by atomic mass is 32.1. The first-order valence-corrected chi connectivity index (χ1v) is 9.23. The van der Waals surface area contributed by atoms with Gasteiger partial charge in [0.15, 0.2) is 0 Å². The highest BCUT2D eigenvalue weighted by Crippen LogP contribution is 2.39. The zero-order valence-corrected chi connectivity index (χ0v) is 14.9. The molecule has 3 aromatic rings. The molecule has 27 heavy (non-hydrogen) atoms. The molecule has 1 aromatic carbocycles. The molecule has 142 valence electrons. The average molecular weight is 395 g/mol. The van der Waals surface area contributed by atoms with Crippen molar-refractivity contribution >= 4 is 21.6 Å². The van der Waals surface area contributed by atoms with Gasteiger partial charge >= 0.3 is 6.18 Å². The zero-order valence-electron chi connectivity index (χ0n) is 14.1. The van der Waals surface area contributed by atoms with Gasteiger partial charge in [0.25, 0.3) is 0 Å². The summed E-state index contributed by atoms with van der Waals surface area (Å²) in [6, 6.07) is 5.55. The molecular formula is C18H16F3N3O2S. The summed E-state index contributed by atoms with van der Waals surface area (Å²) in [5.74, 6) is 0.0342. The highest BCUT2D eigenvalue weighted by molar-refractivity contribution is 7.16. The van der Waals surface area contributed by atoms with Crippen molar-refractivity contribution in [2.24, 2.45) is 0 Å². The van der Waals surface area contributed by atoms with Crippen LogP contribution in [0, 0.1) is 0 Å². The standard InChI is InChI=1S/C18H16F3N3O2S/c19-18(20,21)11-1-3-13(22-9-11)16(24-5-7-26-8-6-24)12-2-4-14-15(17(12)25)23-10-27-14/h1-4,9-10,16,25H,5-8H2. The number of ether oxygens (including phenoxy) is 1. The molecule has 1 fully saturated rings. The molecule has 0 bridgehead atoms. The summed E-state index contributed by atoms with van der Waals surface area (Å²) in [6.45, 7) is 2.19. The number of aromatic nitrogens is 2. The fraction of sp³-hybridized carbons (Fsp3) is 0.333. The van der Waals surface area contributed by atoms with Crippen molar-refractivity contribution in [3.05, 3.63) is 52.8 Å². The summed E-state index contributed by atoms with van der Waals surface area (Å²) in [6.07, 6.45) is -3.61. The lowest BCUT2D eigenvalue weighted by atomic mass is 9.98. The number of morpholine rings is 1. The molecule has 1 N–H and O–H groups in total. The Morgan fingerprint density at radius 3 is 2.56 bits per heavy atom. The van der Waals surface area contributed by atoms with E-state index in [2.05, 4.69) is 9.97 Å². The van der Waals surface area contributed by atoms with E-state index in [1.165, 1.54) is 17.4 Å². The third kappa shape index (κ3) is 3.50. The molecule has 0 amide bonds. The number of fused-ring (bicyclic) bond motifs is 1. The van der Waals surface area contributed by atoms with E-state index < -0.39 is 17.8 Å². The van der Waals surface area contributed by atoms with Crippen molar-refractivity contribution in [2.45, 2.75) is 12.2 Å². The second-order valence-corrected chi connectivity index (χ2v) is 7.11. The molecule has 0 spiro atoms. The average Bonchev–Trinajstić information content (AvgIpc) is 3.14. The van der Waals surface area contributed by atoms with Crippen molar-refractivity contribution in [3.8, 4) is 5.75 Å². The number of halogens is 3. The molecule has 2 aromatic heterocycles. The Labute approximate surface area is 157 Å². The van der Waals surface area contributed by atoms with Gasteiger partial charge in [0.1, 0.15) is 11.3 Å². The van der Waals surface area contributed by atoms with E-state index in [-0.39, 0.29) is 5.75 Å². The number of alkyl halides is 3. The van der Waals surface area contributed by atoms with Crippen LogP contribution in [-0.2, 0) is 10.9 Å². The first-order valence-electron chi connectivity index (χ1n) is 8.35. The van der Waals surface area contributed by atoms with E-state index >= 15 is 0 Å². The lowest BCUT2D eigenvalue weighted by Gasteiger charge is -2.34.